The number of ether oxygens (including phenoxy) is 2. The van der Waals surface area contributed by atoms with Gasteiger partial charge in [0.05, 0.1) is 18.8 Å². The van der Waals surface area contributed by atoms with E-state index in [1.807, 2.05) is 31.3 Å². The van der Waals surface area contributed by atoms with Gasteiger partial charge in [-0.05, 0) is 44.9 Å². The van der Waals surface area contributed by atoms with E-state index in [1.54, 1.807) is 0 Å². The molecule has 2 heterocycles. The molecule has 0 unspecified atom stereocenters. The van der Waals surface area contributed by atoms with Crippen LogP contribution in [-0.4, -0.2) is 35.9 Å². The molecule has 134 valence electrons. The smallest absolute Gasteiger partial charge is 0.154 e. The van der Waals surface area contributed by atoms with Crippen molar-refractivity contribution in [1.29, 1.82) is 0 Å². The Morgan fingerprint density at radius 2 is 2.24 bits per heavy atom. The van der Waals surface area contributed by atoms with Crippen LogP contribution in [0.15, 0.2) is 30.5 Å². The van der Waals surface area contributed by atoms with Crippen LogP contribution in [0.2, 0.25) is 0 Å². The minimum atomic E-state index is 0.253. The Kier molecular flexibility index (Phi) is 5.53. The highest BCUT2D eigenvalue weighted by molar-refractivity contribution is 5.81. The molecule has 0 spiro atoms. The molecule has 0 aliphatic carbocycles. The van der Waals surface area contributed by atoms with Gasteiger partial charge in [0, 0.05) is 36.4 Å². The summed E-state index contributed by atoms with van der Waals surface area (Å²) in [5, 5.41) is 4.46. The highest BCUT2D eigenvalue weighted by Gasteiger charge is 2.31. The Morgan fingerprint density at radius 1 is 1.40 bits per heavy atom. The zero-order chi connectivity index (χ0) is 17.8. The van der Waals surface area contributed by atoms with Crippen molar-refractivity contribution in [2.75, 3.05) is 19.8 Å². The third kappa shape index (κ3) is 3.76. The van der Waals surface area contributed by atoms with Crippen LogP contribution in [0.1, 0.15) is 53.8 Å². The Labute approximate surface area is 148 Å². The molecule has 0 saturated carbocycles. The van der Waals surface area contributed by atoms with E-state index in [9.17, 15) is 4.79 Å². The molecule has 0 bridgehead atoms. The fraction of sp³-hybridized carbons (Fsp3) is 0.500. The van der Waals surface area contributed by atoms with Gasteiger partial charge in [-0.2, -0.15) is 5.10 Å². The van der Waals surface area contributed by atoms with Gasteiger partial charge in [0.2, 0.25) is 0 Å². The average Bonchev–Trinajstić information content (AvgIpc) is 3.10. The summed E-state index contributed by atoms with van der Waals surface area (Å²) in [6, 6.07) is 8.10. The molecule has 3 rings (SSSR count). The van der Waals surface area contributed by atoms with E-state index in [1.165, 1.54) is 5.69 Å². The first-order chi connectivity index (χ1) is 12.1. The van der Waals surface area contributed by atoms with Crippen molar-refractivity contribution in [2.24, 2.45) is 5.92 Å². The van der Waals surface area contributed by atoms with Crippen LogP contribution in [0.4, 0.5) is 0 Å². The lowest BCUT2D eigenvalue weighted by molar-refractivity contribution is 0.0272. The molecule has 2 aromatic rings. The molecule has 0 N–H and O–H groups in total. The molecule has 1 aromatic heterocycles. The van der Waals surface area contributed by atoms with E-state index in [2.05, 4.69) is 29.7 Å². The SMILES string of the molecule is Cc1cccc(OC[C@H]2CCOC[C@@H]2c2ccnn2C(C)C)c1C=O. The van der Waals surface area contributed by atoms with Crippen molar-refractivity contribution in [3.8, 4) is 5.75 Å². The summed E-state index contributed by atoms with van der Waals surface area (Å²) < 4.78 is 13.9. The van der Waals surface area contributed by atoms with Crippen LogP contribution in [0, 0.1) is 12.8 Å². The Balaban J connectivity index is 1.77. The molecular formula is C20H26N2O3. The largest absolute Gasteiger partial charge is 0.493 e. The standard InChI is InChI=1S/C20H26N2O3/c1-14(2)22-19(7-9-21-22)18-13-24-10-8-16(18)12-25-20-6-4-5-15(3)17(20)11-23/h4-7,9,11,14,16,18H,8,10,12-13H2,1-3H3/t16-,18+/m1/s1. The monoisotopic (exact) mass is 342 g/mol. The van der Waals surface area contributed by atoms with Gasteiger partial charge < -0.3 is 9.47 Å². The lowest BCUT2D eigenvalue weighted by Crippen LogP contribution is -2.32. The Hall–Kier alpha value is -2.14. The maximum absolute atomic E-state index is 11.4. The predicted octanol–water partition coefficient (Wildman–Crippen LogP) is 3.78. The number of benzene rings is 1. The number of rotatable bonds is 6. The minimum Gasteiger partial charge on any atom is -0.493 e. The van der Waals surface area contributed by atoms with Gasteiger partial charge in [0.1, 0.15) is 5.75 Å². The summed E-state index contributed by atoms with van der Waals surface area (Å²) in [6.07, 6.45) is 3.67. The molecule has 1 aromatic carbocycles. The Bertz CT molecular complexity index is 723. The van der Waals surface area contributed by atoms with E-state index in [0.717, 1.165) is 24.9 Å². The molecule has 25 heavy (non-hydrogen) atoms. The number of hydrogen-bond acceptors (Lipinski definition) is 4. The first-order valence-corrected chi connectivity index (χ1v) is 8.90. The fourth-order valence-corrected chi connectivity index (χ4v) is 3.49. The van der Waals surface area contributed by atoms with Crippen molar-refractivity contribution in [1.82, 2.24) is 9.78 Å². The number of hydrogen-bond donors (Lipinski definition) is 0. The fourth-order valence-electron chi connectivity index (χ4n) is 3.49. The topological polar surface area (TPSA) is 53.4 Å². The molecule has 1 fully saturated rings. The van der Waals surface area contributed by atoms with Crippen molar-refractivity contribution in [2.45, 2.75) is 39.2 Å². The number of carbonyl (C=O) groups excluding carboxylic acids is 1. The van der Waals surface area contributed by atoms with E-state index < -0.39 is 0 Å². The van der Waals surface area contributed by atoms with Crippen molar-refractivity contribution in [3.05, 3.63) is 47.3 Å². The molecule has 1 aliphatic rings. The van der Waals surface area contributed by atoms with Crippen LogP contribution in [0.5, 0.6) is 5.75 Å². The molecule has 1 aliphatic heterocycles. The van der Waals surface area contributed by atoms with Crippen molar-refractivity contribution < 1.29 is 14.3 Å². The van der Waals surface area contributed by atoms with Crippen LogP contribution in [0.3, 0.4) is 0 Å². The van der Waals surface area contributed by atoms with E-state index in [-0.39, 0.29) is 5.92 Å². The van der Waals surface area contributed by atoms with Gasteiger partial charge in [-0.15, -0.1) is 0 Å². The molecular weight excluding hydrogens is 316 g/mol. The van der Waals surface area contributed by atoms with Gasteiger partial charge in [-0.3, -0.25) is 9.48 Å². The summed E-state index contributed by atoms with van der Waals surface area (Å²) >= 11 is 0. The second-order valence-electron chi connectivity index (χ2n) is 6.94. The van der Waals surface area contributed by atoms with Crippen LogP contribution >= 0.6 is 0 Å². The second-order valence-corrected chi connectivity index (χ2v) is 6.94. The lowest BCUT2D eigenvalue weighted by Gasteiger charge is -2.32. The molecule has 0 radical (unpaired) electrons. The second kappa shape index (κ2) is 7.83. The summed E-state index contributed by atoms with van der Waals surface area (Å²) in [7, 11) is 0. The van der Waals surface area contributed by atoms with Gasteiger partial charge >= 0.3 is 0 Å². The predicted molar refractivity (Wildman–Crippen MR) is 96.3 cm³/mol. The minimum absolute atomic E-state index is 0.253. The van der Waals surface area contributed by atoms with E-state index >= 15 is 0 Å². The number of aromatic nitrogens is 2. The van der Waals surface area contributed by atoms with Gasteiger partial charge in [-0.1, -0.05) is 12.1 Å². The van der Waals surface area contributed by atoms with Gasteiger partial charge in [-0.25, -0.2) is 0 Å². The Morgan fingerprint density at radius 3 is 3.00 bits per heavy atom. The van der Waals surface area contributed by atoms with Crippen LogP contribution in [0.25, 0.3) is 0 Å². The van der Waals surface area contributed by atoms with Crippen LogP contribution < -0.4 is 4.74 Å². The van der Waals surface area contributed by atoms with Gasteiger partial charge in [0.25, 0.3) is 0 Å². The molecule has 0 amide bonds. The quantitative estimate of drug-likeness (QED) is 0.750. The first kappa shape index (κ1) is 17.7. The normalized spacial score (nSPS) is 20.6. The molecule has 1 saturated heterocycles. The zero-order valence-electron chi connectivity index (χ0n) is 15.1. The maximum Gasteiger partial charge on any atom is 0.154 e. The summed E-state index contributed by atoms with van der Waals surface area (Å²) in [6.45, 7) is 8.19. The van der Waals surface area contributed by atoms with Crippen molar-refractivity contribution >= 4 is 6.29 Å². The average molecular weight is 342 g/mol. The zero-order valence-corrected chi connectivity index (χ0v) is 15.1. The maximum atomic E-state index is 11.4. The highest BCUT2D eigenvalue weighted by atomic mass is 16.5. The lowest BCUT2D eigenvalue weighted by atomic mass is 9.86. The molecule has 2 atom stereocenters. The number of nitrogens with zero attached hydrogens (tertiary/aromatic N) is 2. The van der Waals surface area contributed by atoms with E-state index in [4.69, 9.17) is 9.47 Å². The number of aldehydes is 1. The van der Waals surface area contributed by atoms with E-state index in [0.29, 0.717) is 36.5 Å². The first-order valence-electron chi connectivity index (χ1n) is 8.90. The third-order valence-electron chi connectivity index (χ3n) is 4.92. The number of aryl methyl sites for hydroxylation is 1. The highest BCUT2D eigenvalue weighted by Crippen LogP contribution is 2.33. The van der Waals surface area contributed by atoms with Crippen molar-refractivity contribution in [3.63, 3.8) is 0 Å². The molecule has 5 heteroatoms. The van der Waals surface area contributed by atoms with Crippen LogP contribution in [-0.2, 0) is 4.74 Å². The summed E-state index contributed by atoms with van der Waals surface area (Å²) in [4.78, 5) is 11.4. The number of carbonyl (C=O) groups is 1. The summed E-state index contributed by atoms with van der Waals surface area (Å²) in [5.74, 6) is 1.25. The summed E-state index contributed by atoms with van der Waals surface area (Å²) in [5.41, 5.74) is 2.77. The third-order valence-corrected chi connectivity index (χ3v) is 4.92. The molecule has 5 nitrogen and oxygen atoms in total. The van der Waals surface area contributed by atoms with Gasteiger partial charge in [0.15, 0.2) is 6.29 Å².